The van der Waals surface area contributed by atoms with Gasteiger partial charge in [-0.1, -0.05) is 28.1 Å². The number of rotatable bonds is 7. The van der Waals surface area contributed by atoms with Crippen LogP contribution in [0.15, 0.2) is 24.3 Å². The molecule has 4 nitrogen and oxygen atoms in total. The normalized spacial score (nSPS) is 12.8. The van der Waals surface area contributed by atoms with Crippen molar-refractivity contribution in [3.63, 3.8) is 0 Å². The highest BCUT2D eigenvalue weighted by molar-refractivity contribution is 9.09. The molecular weight excluding hydrogens is 357 g/mol. The van der Waals surface area contributed by atoms with Crippen LogP contribution in [0.5, 0.6) is 5.75 Å². The molecule has 0 N–H and O–H groups in total. The summed E-state index contributed by atoms with van der Waals surface area (Å²) in [6.07, 6.45) is -5.74. The Morgan fingerprint density at radius 2 is 1.90 bits per heavy atom. The standard InChI is InChI=1S/C13H14BrF3O4/c1-2-19-12(18)11(20-8-7-14)9-3-5-10(6-4-9)21-13(15,16)17/h3-6,11H,2,7-8H2,1H3. The van der Waals surface area contributed by atoms with E-state index in [0.717, 1.165) is 12.1 Å². The number of halogens is 4. The fourth-order valence-corrected chi connectivity index (χ4v) is 1.71. The molecule has 118 valence electrons. The van der Waals surface area contributed by atoms with Crippen LogP contribution in [0.3, 0.4) is 0 Å². The smallest absolute Gasteiger partial charge is 0.464 e. The van der Waals surface area contributed by atoms with Crippen molar-refractivity contribution in [2.45, 2.75) is 19.4 Å². The minimum absolute atomic E-state index is 0.183. The van der Waals surface area contributed by atoms with E-state index in [1.54, 1.807) is 6.92 Å². The van der Waals surface area contributed by atoms with Crippen molar-refractivity contribution >= 4 is 21.9 Å². The van der Waals surface area contributed by atoms with Crippen LogP contribution in [0.1, 0.15) is 18.6 Å². The lowest BCUT2D eigenvalue weighted by atomic mass is 10.1. The Balaban J connectivity index is 2.85. The molecule has 0 heterocycles. The highest BCUT2D eigenvalue weighted by Crippen LogP contribution is 2.26. The monoisotopic (exact) mass is 370 g/mol. The lowest BCUT2D eigenvalue weighted by Gasteiger charge is -2.17. The number of ether oxygens (including phenoxy) is 3. The predicted molar refractivity (Wildman–Crippen MR) is 72.2 cm³/mol. The zero-order valence-corrected chi connectivity index (χ0v) is 12.7. The Kier molecular flexibility index (Phi) is 6.97. The summed E-state index contributed by atoms with van der Waals surface area (Å²) >= 11 is 3.16. The van der Waals surface area contributed by atoms with Crippen molar-refractivity contribution in [3.8, 4) is 5.75 Å². The number of hydrogen-bond donors (Lipinski definition) is 0. The minimum atomic E-state index is -4.76. The summed E-state index contributed by atoms with van der Waals surface area (Å²) < 4.78 is 50.2. The largest absolute Gasteiger partial charge is 0.573 e. The second kappa shape index (κ2) is 8.23. The second-order valence-corrected chi connectivity index (χ2v) is 4.60. The molecule has 1 rings (SSSR count). The minimum Gasteiger partial charge on any atom is -0.464 e. The number of alkyl halides is 4. The summed E-state index contributed by atoms with van der Waals surface area (Å²) in [7, 11) is 0. The summed E-state index contributed by atoms with van der Waals surface area (Å²) in [5, 5.41) is 0.512. The topological polar surface area (TPSA) is 44.8 Å². The molecule has 0 fully saturated rings. The van der Waals surface area contributed by atoms with Crippen molar-refractivity contribution < 1.29 is 32.2 Å². The fourth-order valence-electron chi connectivity index (χ4n) is 1.52. The molecule has 0 amide bonds. The Hall–Kier alpha value is -1.28. The maximum atomic E-state index is 12.1. The SMILES string of the molecule is CCOC(=O)C(OCCBr)c1ccc(OC(F)(F)F)cc1. The van der Waals surface area contributed by atoms with E-state index in [2.05, 4.69) is 20.7 Å². The van der Waals surface area contributed by atoms with Crippen molar-refractivity contribution in [2.75, 3.05) is 18.5 Å². The van der Waals surface area contributed by atoms with Gasteiger partial charge in [-0.2, -0.15) is 0 Å². The van der Waals surface area contributed by atoms with Gasteiger partial charge < -0.3 is 14.2 Å². The summed E-state index contributed by atoms with van der Waals surface area (Å²) in [5.74, 6) is -0.961. The van der Waals surface area contributed by atoms with E-state index in [9.17, 15) is 18.0 Å². The average molecular weight is 371 g/mol. The molecule has 0 aliphatic heterocycles. The van der Waals surface area contributed by atoms with E-state index in [1.807, 2.05) is 0 Å². The van der Waals surface area contributed by atoms with E-state index in [1.165, 1.54) is 12.1 Å². The first-order valence-corrected chi connectivity index (χ1v) is 7.19. The molecule has 0 aromatic heterocycles. The van der Waals surface area contributed by atoms with Crippen LogP contribution in [-0.4, -0.2) is 30.9 Å². The van der Waals surface area contributed by atoms with Gasteiger partial charge >= 0.3 is 12.3 Å². The Bertz CT molecular complexity index is 448. The van der Waals surface area contributed by atoms with Crippen LogP contribution in [0.4, 0.5) is 13.2 Å². The first kappa shape index (κ1) is 17.8. The highest BCUT2D eigenvalue weighted by atomic mass is 79.9. The highest BCUT2D eigenvalue weighted by Gasteiger charge is 2.31. The van der Waals surface area contributed by atoms with Gasteiger partial charge in [0, 0.05) is 5.33 Å². The van der Waals surface area contributed by atoms with Gasteiger partial charge in [-0.15, -0.1) is 13.2 Å². The number of esters is 1. The van der Waals surface area contributed by atoms with E-state index in [0.29, 0.717) is 10.9 Å². The van der Waals surface area contributed by atoms with Crippen molar-refractivity contribution in [3.05, 3.63) is 29.8 Å². The van der Waals surface area contributed by atoms with E-state index in [4.69, 9.17) is 9.47 Å². The van der Waals surface area contributed by atoms with Gasteiger partial charge in [-0.3, -0.25) is 0 Å². The molecule has 0 saturated heterocycles. The zero-order chi connectivity index (χ0) is 15.9. The molecule has 8 heteroatoms. The quantitative estimate of drug-likeness (QED) is 0.543. The number of carbonyl (C=O) groups excluding carboxylic acids is 1. The third kappa shape index (κ3) is 6.34. The van der Waals surface area contributed by atoms with Gasteiger partial charge in [0.25, 0.3) is 0 Å². The molecule has 1 atom stereocenters. The van der Waals surface area contributed by atoms with Crippen molar-refractivity contribution in [2.24, 2.45) is 0 Å². The van der Waals surface area contributed by atoms with Gasteiger partial charge in [0.1, 0.15) is 5.75 Å². The molecule has 0 saturated carbocycles. The summed E-state index contributed by atoms with van der Waals surface area (Å²) in [4.78, 5) is 11.8. The molecule has 0 radical (unpaired) electrons. The first-order chi connectivity index (χ1) is 9.87. The van der Waals surface area contributed by atoms with Gasteiger partial charge in [-0.05, 0) is 24.6 Å². The van der Waals surface area contributed by atoms with E-state index >= 15 is 0 Å². The van der Waals surface area contributed by atoms with E-state index < -0.39 is 18.4 Å². The maximum Gasteiger partial charge on any atom is 0.573 e. The third-order valence-electron chi connectivity index (χ3n) is 2.28. The Morgan fingerprint density at radius 3 is 2.38 bits per heavy atom. The van der Waals surface area contributed by atoms with Gasteiger partial charge in [0.15, 0.2) is 6.10 Å². The lowest BCUT2D eigenvalue weighted by Crippen LogP contribution is -2.20. The molecular formula is C13H14BrF3O4. The predicted octanol–water partition coefficient (Wildman–Crippen LogP) is 3.60. The van der Waals surface area contributed by atoms with Crippen LogP contribution in [-0.2, 0) is 14.3 Å². The summed E-state index contributed by atoms with van der Waals surface area (Å²) in [5.41, 5.74) is 0.393. The summed E-state index contributed by atoms with van der Waals surface area (Å²) in [6.45, 7) is 2.09. The number of benzene rings is 1. The van der Waals surface area contributed by atoms with Gasteiger partial charge in [-0.25, -0.2) is 4.79 Å². The summed E-state index contributed by atoms with van der Waals surface area (Å²) in [6, 6.07) is 4.90. The Morgan fingerprint density at radius 1 is 1.29 bits per heavy atom. The van der Waals surface area contributed by atoms with Crippen LogP contribution in [0, 0.1) is 0 Å². The molecule has 0 aliphatic carbocycles. The van der Waals surface area contributed by atoms with Crippen LogP contribution < -0.4 is 4.74 Å². The molecule has 0 bridgehead atoms. The fraction of sp³-hybridized carbons (Fsp3) is 0.462. The van der Waals surface area contributed by atoms with Gasteiger partial charge in [0.05, 0.1) is 13.2 Å². The third-order valence-corrected chi connectivity index (χ3v) is 2.60. The van der Waals surface area contributed by atoms with Crippen LogP contribution in [0.2, 0.25) is 0 Å². The molecule has 0 aliphatic rings. The number of hydrogen-bond acceptors (Lipinski definition) is 4. The lowest BCUT2D eigenvalue weighted by molar-refractivity contribution is -0.274. The molecule has 0 spiro atoms. The average Bonchev–Trinajstić information content (AvgIpc) is 2.39. The maximum absolute atomic E-state index is 12.1. The molecule has 1 unspecified atom stereocenters. The van der Waals surface area contributed by atoms with Gasteiger partial charge in [0.2, 0.25) is 0 Å². The molecule has 1 aromatic carbocycles. The van der Waals surface area contributed by atoms with Crippen LogP contribution >= 0.6 is 15.9 Å². The zero-order valence-electron chi connectivity index (χ0n) is 11.2. The molecule has 21 heavy (non-hydrogen) atoms. The number of carbonyl (C=O) groups is 1. The Labute approximate surface area is 128 Å². The van der Waals surface area contributed by atoms with E-state index in [-0.39, 0.29) is 19.0 Å². The van der Waals surface area contributed by atoms with Crippen LogP contribution in [0.25, 0.3) is 0 Å². The molecule has 1 aromatic rings. The van der Waals surface area contributed by atoms with Crippen molar-refractivity contribution in [1.29, 1.82) is 0 Å². The first-order valence-electron chi connectivity index (χ1n) is 6.07. The second-order valence-electron chi connectivity index (χ2n) is 3.81. The van der Waals surface area contributed by atoms with Crippen molar-refractivity contribution in [1.82, 2.24) is 0 Å².